The Kier molecular flexibility index (Phi) is 7.14. The van der Waals surface area contributed by atoms with Gasteiger partial charge in [0.2, 0.25) is 0 Å². The van der Waals surface area contributed by atoms with Crippen molar-refractivity contribution in [2.24, 2.45) is 11.8 Å². The molecule has 0 saturated carbocycles. The molecule has 0 N–H and O–H groups in total. The number of nitrogens with zero attached hydrogens (tertiary/aromatic N) is 1. The minimum absolute atomic E-state index is 0.300. The van der Waals surface area contributed by atoms with E-state index in [0.29, 0.717) is 11.8 Å². The minimum atomic E-state index is -0.300. The molecule has 12 heteroatoms. The molecule has 6 heterocycles. The maximum absolute atomic E-state index is 13.1. The van der Waals surface area contributed by atoms with Crippen LogP contribution in [0, 0.1) is 11.8 Å². The third kappa shape index (κ3) is 4.37. The first-order chi connectivity index (χ1) is 16.7. The van der Waals surface area contributed by atoms with E-state index in [1.54, 1.807) is 9.81 Å². The van der Waals surface area contributed by atoms with Crippen LogP contribution in [0.1, 0.15) is 47.0 Å². The Morgan fingerprint density at radius 2 is 0.914 bits per heavy atom. The van der Waals surface area contributed by atoms with Crippen LogP contribution in [-0.4, -0.2) is 27.6 Å². The van der Waals surface area contributed by atoms with Gasteiger partial charge < -0.3 is 0 Å². The van der Waals surface area contributed by atoms with Crippen LogP contribution >= 0.6 is 118 Å². The van der Waals surface area contributed by atoms with Gasteiger partial charge in [0.05, 0.1) is 33.9 Å². The molecular formula is C23H24NOS10. The Bertz CT molecular complexity index is 1100. The summed E-state index contributed by atoms with van der Waals surface area (Å²) in [4.78, 5) is 3.29. The Morgan fingerprint density at radius 3 is 1.31 bits per heavy atom. The van der Waals surface area contributed by atoms with Crippen LogP contribution < -0.4 is 0 Å². The second-order valence-corrected chi connectivity index (χ2v) is 22.7. The van der Waals surface area contributed by atoms with Crippen molar-refractivity contribution in [1.82, 2.24) is 5.06 Å². The fourth-order valence-electron chi connectivity index (χ4n) is 5.52. The van der Waals surface area contributed by atoms with Gasteiger partial charge in [-0.25, -0.2) is 0 Å². The normalized spacial score (nSPS) is 34.2. The van der Waals surface area contributed by atoms with Crippen molar-refractivity contribution in [2.45, 2.75) is 58.0 Å². The van der Waals surface area contributed by atoms with Gasteiger partial charge in [-0.3, -0.25) is 0 Å². The summed E-state index contributed by atoms with van der Waals surface area (Å²) in [7, 11) is 0. The Labute approximate surface area is 250 Å². The number of hydroxylamine groups is 2. The first-order valence-electron chi connectivity index (χ1n) is 11.6. The van der Waals surface area contributed by atoms with Gasteiger partial charge in [-0.2, -0.15) is 0 Å². The van der Waals surface area contributed by atoms with Gasteiger partial charge in [-0.15, -0.1) is 33.8 Å². The molecule has 0 aromatic heterocycles. The van der Waals surface area contributed by atoms with E-state index < -0.39 is 0 Å². The van der Waals surface area contributed by atoms with E-state index in [4.69, 9.17) is 0 Å². The Hall–Kier alpha value is 2.12. The predicted molar refractivity (Wildman–Crippen MR) is 172 cm³/mol. The molecule has 7 aliphatic rings. The molecule has 0 aromatic rings. The highest BCUT2D eigenvalue weighted by atomic mass is 32.3. The van der Waals surface area contributed by atoms with Crippen molar-refractivity contribution in [2.75, 3.05) is 11.5 Å². The van der Waals surface area contributed by atoms with Crippen molar-refractivity contribution in [1.29, 1.82) is 0 Å². The molecular weight excluding hydrogens is 627 g/mol. The minimum Gasteiger partial charge on any atom is -0.143 e. The van der Waals surface area contributed by atoms with Gasteiger partial charge in [0, 0.05) is 32.4 Å². The van der Waals surface area contributed by atoms with E-state index >= 15 is 0 Å². The van der Waals surface area contributed by atoms with Crippen LogP contribution in [0.25, 0.3) is 0 Å². The first kappa shape index (κ1) is 26.0. The summed E-state index contributed by atoms with van der Waals surface area (Å²) in [6.45, 7) is 8.62. The summed E-state index contributed by atoms with van der Waals surface area (Å²) in [6, 6.07) is 0. The third-order valence-electron chi connectivity index (χ3n) is 7.46. The lowest BCUT2D eigenvalue weighted by Crippen LogP contribution is -2.47. The molecule has 0 unspecified atom stereocenters. The maximum Gasteiger partial charge on any atom is 0.0718 e. The van der Waals surface area contributed by atoms with Crippen molar-refractivity contribution in [3.05, 3.63) is 43.7 Å². The number of rotatable bonds is 0. The second-order valence-electron chi connectivity index (χ2n) is 10.3. The van der Waals surface area contributed by atoms with Crippen LogP contribution in [0.3, 0.4) is 0 Å². The van der Waals surface area contributed by atoms with E-state index in [1.165, 1.54) is 58.2 Å². The largest absolute Gasteiger partial charge is 0.143 e. The predicted octanol–water partition coefficient (Wildman–Crippen LogP) is 10.7. The number of fused-ring (bicyclic) bond motifs is 1. The zero-order valence-corrected chi connectivity index (χ0v) is 27.8. The van der Waals surface area contributed by atoms with E-state index in [0.717, 1.165) is 11.5 Å². The zero-order valence-electron chi connectivity index (χ0n) is 19.6. The number of hydrogen-bond acceptors (Lipinski definition) is 11. The molecule has 187 valence electrons. The summed E-state index contributed by atoms with van der Waals surface area (Å²) in [5.74, 6) is 2.93. The standard InChI is InChI=1S/C23H24NOS10/c1-22(2)10-8-26-14-15(27-9-11(10)23(3,4)24(22)25)31-18(30-14)19-34-20-21(35-19)33-17(32-20)16-28-12-6-5-7-13(12)29-16/h10-11H,5-9H2,1-4H3/t10-,11-/m1/s1. The Balaban J connectivity index is 1.03. The molecule has 0 amide bonds. The van der Waals surface area contributed by atoms with E-state index in [2.05, 4.69) is 27.7 Å². The van der Waals surface area contributed by atoms with Crippen molar-refractivity contribution in [3.63, 3.8) is 0 Å². The monoisotopic (exact) mass is 650 g/mol. The van der Waals surface area contributed by atoms with Crippen LogP contribution in [0.2, 0.25) is 0 Å². The molecule has 1 radical (unpaired) electrons. The summed E-state index contributed by atoms with van der Waals surface area (Å²) in [5, 5.41) is 14.5. The van der Waals surface area contributed by atoms with Gasteiger partial charge in [0.25, 0.3) is 0 Å². The molecule has 1 fully saturated rings. The number of hydrogen-bond donors (Lipinski definition) is 0. The highest BCUT2D eigenvalue weighted by Crippen LogP contribution is 2.73. The lowest BCUT2D eigenvalue weighted by atomic mass is 9.79. The summed E-state index contributed by atoms with van der Waals surface area (Å²) >= 11 is 20.1. The summed E-state index contributed by atoms with van der Waals surface area (Å²) in [5.41, 5.74) is -0.600. The second kappa shape index (κ2) is 9.60. The molecule has 6 aliphatic heterocycles. The molecule has 2 atom stereocenters. The molecule has 0 spiro atoms. The van der Waals surface area contributed by atoms with Crippen LogP contribution in [0.15, 0.2) is 43.7 Å². The van der Waals surface area contributed by atoms with E-state index in [9.17, 15) is 5.21 Å². The van der Waals surface area contributed by atoms with Crippen LogP contribution in [-0.2, 0) is 5.21 Å². The fourth-order valence-corrected chi connectivity index (χ4v) is 22.1. The molecule has 0 aromatic carbocycles. The van der Waals surface area contributed by atoms with Gasteiger partial charge >= 0.3 is 0 Å². The average Bonchev–Trinajstić information content (AvgIpc) is 3.57. The van der Waals surface area contributed by atoms with Crippen LogP contribution in [0.4, 0.5) is 0 Å². The van der Waals surface area contributed by atoms with Gasteiger partial charge in [-0.05, 0) is 58.8 Å². The lowest BCUT2D eigenvalue weighted by molar-refractivity contribution is -0.250. The van der Waals surface area contributed by atoms with Gasteiger partial charge in [0.15, 0.2) is 0 Å². The summed E-state index contributed by atoms with van der Waals surface area (Å²) in [6.07, 6.45) is 3.93. The van der Waals surface area contributed by atoms with E-state index in [-0.39, 0.29) is 11.1 Å². The average molecular weight is 651 g/mol. The third-order valence-corrected chi connectivity index (χ3v) is 22.7. The van der Waals surface area contributed by atoms with Crippen molar-refractivity contribution in [3.8, 4) is 0 Å². The number of allylic oxidation sites excluding steroid dienone is 2. The molecule has 2 nitrogen and oxygen atoms in total. The first-order valence-corrected chi connectivity index (χ1v) is 20.1. The molecule has 0 bridgehead atoms. The highest BCUT2D eigenvalue weighted by Gasteiger charge is 2.59. The smallest absolute Gasteiger partial charge is 0.0718 e. The quantitative estimate of drug-likeness (QED) is 0.250. The van der Waals surface area contributed by atoms with Gasteiger partial charge in [0.1, 0.15) is 0 Å². The molecule has 7 rings (SSSR count). The summed E-state index contributed by atoms with van der Waals surface area (Å²) < 4.78 is 11.9. The topological polar surface area (TPSA) is 23.1 Å². The maximum atomic E-state index is 13.1. The fraction of sp³-hybridized carbons (Fsp3) is 0.565. The van der Waals surface area contributed by atoms with Crippen LogP contribution in [0.5, 0.6) is 0 Å². The molecule has 1 saturated heterocycles. The van der Waals surface area contributed by atoms with Crippen molar-refractivity contribution < 1.29 is 5.21 Å². The van der Waals surface area contributed by atoms with Crippen molar-refractivity contribution >= 4 is 118 Å². The zero-order chi connectivity index (χ0) is 24.1. The number of thioether (sulfide) groups is 10. The molecule has 1 aliphatic carbocycles. The van der Waals surface area contributed by atoms with Gasteiger partial charge in [-0.1, -0.05) is 94.1 Å². The molecule has 35 heavy (non-hydrogen) atoms. The SMILES string of the molecule is CC1(C)[C@@H]2CSC3=C(SC[C@H]2C(C)(C)N1[O])SC(=C1SC2=C(SC(=C4SC5=C(CCC5)S4)S2)S1)S3. The lowest BCUT2D eigenvalue weighted by Gasteiger charge is -2.33. The highest BCUT2D eigenvalue weighted by molar-refractivity contribution is 8.50. The Morgan fingerprint density at radius 1 is 0.571 bits per heavy atom. The van der Waals surface area contributed by atoms with E-state index in [1.807, 2.05) is 118 Å².